The summed E-state index contributed by atoms with van der Waals surface area (Å²) >= 11 is 0. The molecule has 1 aromatic carbocycles. The van der Waals surface area contributed by atoms with Gasteiger partial charge in [0.1, 0.15) is 23.3 Å². The quantitative estimate of drug-likeness (QED) is 0.764. The van der Waals surface area contributed by atoms with Crippen LogP contribution in [0.25, 0.3) is 0 Å². The van der Waals surface area contributed by atoms with Crippen LogP contribution in [-0.2, 0) is 4.79 Å². The molecule has 5 nitrogen and oxygen atoms in total. The Morgan fingerprint density at radius 3 is 2.65 bits per heavy atom. The number of allylic oxidation sites excluding steroid dienone is 3. The number of carbonyl (C=O) groups is 1. The summed E-state index contributed by atoms with van der Waals surface area (Å²) in [7, 11) is 0. The maximum absolute atomic E-state index is 10.7. The first-order valence-electron chi connectivity index (χ1n) is 6.38. The van der Waals surface area contributed by atoms with Crippen molar-refractivity contribution in [3.05, 3.63) is 48.3 Å². The lowest BCUT2D eigenvalue weighted by atomic mass is 9.93. The fourth-order valence-corrected chi connectivity index (χ4v) is 1.97. The predicted molar refractivity (Wildman–Crippen MR) is 74.3 cm³/mol. The second-order valence-corrected chi connectivity index (χ2v) is 4.74. The third-order valence-corrected chi connectivity index (χ3v) is 3.10. The maximum atomic E-state index is 10.7. The summed E-state index contributed by atoms with van der Waals surface area (Å²) in [5.41, 5.74) is 5.51. The summed E-state index contributed by atoms with van der Waals surface area (Å²) < 4.78 is 5.63. The van der Waals surface area contributed by atoms with Crippen LogP contribution in [0.4, 0.5) is 0 Å². The predicted octanol–water partition coefficient (Wildman–Crippen LogP) is 2.03. The van der Waals surface area contributed by atoms with Crippen LogP contribution in [0.15, 0.2) is 48.3 Å². The fraction of sp³-hybridized carbons (Fsp3) is 0.267. The van der Waals surface area contributed by atoms with Gasteiger partial charge in [-0.1, -0.05) is 6.08 Å². The average Bonchev–Trinajstić information content (AvgIpc) is 2.43. The third-order valence-electron chi connectivity index (χ3n) is 3.10. The van der Waals surface area contributed by atoms with Gasteiger partial charge in [-0.3, -0.25) is 4.79 Å². The molecule has 106 valence electrons. The number of nitrogens with two attached hydrogens (primary N) is 1. The first kappa shape index (κ1) is 14.1. The largest absolute Gasteiger partial charge is 0.508 e. The lowest BCUT2D eigenvalue weighted by molar-refractivity contribution is -0.138. The van der Waals surface area contributed by atoms with Gasteiger partial charge >= 0.3 is 5.97 Å². The van der Waals surface area contributed by atoms with Crippen molar-refractivity contribution in [2.24, 2.45) is 11.7 Å². The van der Waals surface area contributed by atoms with Crippen LogP contribution in [0, 0.1) is 5.92 Å². The van der Waals surface area contributed by atoms with Crippen molar-refractivity contribution < 1.29 is 19.7 Å². The number of aliphatic carboxylic acids is 1. The zero-order valence-corrected chi connectivity index (χ0v) is 10.9. The molecule has 1 aliphatic carbocycles. The molecular formula is C15H17NO4. The number of aromatic hydroxyl groups is 1. The Morgan fingerprint density at radius 1 is 1.40 bits per heavy atom. The SMILES string of the molecule is NC(CC1C=CC(Oc2ccc(O)cc2)=CC1)C(=O)O. The van der Waals surface area contributed by atoms with Gasteiger partial charge in [-0.2, -0.15) is 0 Å². The first-order valence-corrected chi connectivity index (χ1v) is 6.38. The Kier molecular flexibility index (Phi) is 4.42. The molecule has 0 aromatic heterocycles. The fourth-order valence-electron chi connectivity index (χ4n) is 1.97. The smallest absolute Gasteiger partial charge is 0.320 e. The van der Waals surface area contributed by atoms with Gasteiger partial charge in [0.15, 0.2) is 0 Å². The van der Waals surface area contributed by atoms with Crippen molar-refractivity contribution in [2.45, 2.75) is 18.9 Å². The molecule has 0 aliphatic heterocycles. The molecule has 20 heavy (non-hydrogen) atoms. The van der Waals surface area contributed by atoms with E-state index in [1.54, 1.807) is 24.3 Å². The second-order valence-electron chi connectivity index (χ2n) is 4.74. The minimum absolute atomic E-state index is 0.119. The van der Waals surface area contributed by atoms with Crippen LogP contribution < -0.4 is 10.5 Å². The van der Waals surface area contributed by atoms with E-state index in [0.717, 1.165) is 0 Å². The third kappa shape index (κ3) is 3.86. The van der Waals surface area contributed by atoms with Gasteiger partial charge < -0.3 is 20.7 Å². The van der Waals surface area contributed by atoms with Crippen molar-refractivity contribution in [1.29, 1.82) is 0 Å². The number of hydrogen-bond donors (Lipinski definition) is 3. The number of phenolic OH excluding ortho intramolecular Hbond substituents is 1. The zero-order valence-electron chi connectivity index (χ0n) is 10.9. The molecule has 0 spiro atoms. The molecule has 0 radical (unpaired) electrons. The Morgan fingerprint density at radius 2 is 2.10 bits per heavy atom. The minimum Gasteiger partial charge on any atom is -0.508 e. The number of ether oxygens (including phenoxy) is 1. The molecule has 2 rings (SSSR count). The monoisotopic (exact) mass is 275 g/mol. The standard InChI is InChI=1S/C15H17NO4/c16-14(15(18)19)9-10-1-5-12(6-2-10)20-13-7-3-11(17)4-8-13/h1,3-8,10,14,17H,2,9,16H2,(H,18,19). The summed E-state index contributed by atoms with van der Waals surface area (Å²) in [6.45, 7) is 0. The van der Waals surface area contributed by atoms with Crippen LogP contribution >= 0.6 is 0 Å². The van der Waals surface area contributed by atoms with E-state index in [2.05, 4.69) is 0 Å². The highest BCUT2D eigenvalue weighted by molar-refractivity contribution is 5.73. The highest BCUT2D eigenvalue weighted by atomic mass is 16.5. The molecule has 1 aliphatic rings. The van der Waals surface area contributed by atoms with E-state index in [4.69, 9.17) is 15.6 Å². The van der Waals surface area contributed by atoms with Gasteiger partial charge in [-0.05, 0) is 55.2 Å². The summed E-state index contributed by atoms with van der Waals surface area (Å²) in [5, 5.41) is 18.0. The molecule has 1 aromatic rings. The van der Waals surface area contributed by atoms with E-state index < -0.39 is 12.0 Å². The van der Waals surface area contributed by atoms with Gasteiger partial charge in [0.05, 0.1) is 0 Å². The number of phenols is 1. The van der Waals surface area contributed by atoms with E-state index >= 15 is 0 Å². The Balaban J connectivity index is 1.88. The van der Waals surface area contributed by atoms with Crippen molar-refractivity contribution in [2.75, 3.05) is 0 Å². The lowest BCUT2D eigenvalue weighted by Crippen LogP contribution is -2.32. The highest BCUT2D eigenvalue weighted by Crippen LogP contribution is 2.24. The van der Waals surface area contributed by atoms with Gasteiger partial charge in [-0.15, -0.1) is 0 Å². The van der Waals surface area contributed by atoms with Gasteiger partial charge in [-0.25, -0.2) is 0 Å². The number of carboxylic acids is 1. The van der Waals surface area contributed by atoms with Crippen molar-refractivity contribution >= 4 is 5.97 Å². The molecule has 5 heteroatoms. The molecule has 0 heterocycles. The molecule has 0 amide bonds. The van der Waals surface area contributed by atoms with Gasteiger partial charge in [0.2, 0.25) is 0 Å². The molecule has 0 saturated carbocycles. The maximum Gasteiger partial charge on any atom is 0.320 e. The summed E-state index contributed by atoms with van der Waals surface area (Å²) in [6.07, 6.45) is 6.75. The lowest BCUT2D eigenvalue weighted by Gasteiger charge is -2.18. The van der Waals surface area contributed by atoms with Gasteiger partial charge in [0.25, 0.3) is 0 Å². The molecule has 2 unspecified atom stereocenters. The normalized spacial score (nSPS) is 19.2. The number of rotatable bonds is 5. The Labute approximate surface area is 117 Å². The molecule has 0 saturated heterocycles. The van der Waals surface area contributed by atoms with Crippen LogP contribution in [0.2, 0.25) is 0 Å². The highest BCUT2D eigenvalue weighted by Gasteiger charge is 2.18. The second kappa shape index (κ2) is 6.25. The summed E-state index contributed by atoms with van der Waals surface area (Å²) in [5.74, 6) is 0.672. The van der Waals surface area contributed by atoms with Crippen LogP contribution in [0.3, 0.4) is 0 Å². The Bertz CT molecular complexity index is 533. The van der Waals surface area contributed by atoms with E-state index in [0.29, 0.717) is 24.4 Å². The molecule has 4 N–H and O–H groups in total. The van der Waals surface area contributed by atoms with E-state index in [1.807, 2.05) is 18.2 Å². The van der Waals surface area contributed by atoms with E-state index in [-0.39, 0.29) is 11.7 Å². The molecule has 0 bridgehead atoms. The first-order chi connectivity index (χ1) is 9.54. The van der Waals surface area contributed by atoms with Crippen molar-refractivity contribution in [3.63, 3.8) is 0 Å². The summed E-state index contributed by atoms with van der Waals surface area (Å²) in [6, 6.07) is 5.62. The molecule has 0 fully saturated rings. The molecule has 2 atom stereocenters. The van der Waals surface area contributed by atoms with E-state index in [9.17, 15) is 9.90 Å². The van der Waals surface area contributed by atoms with Crippen LogP contribution in [0.1, 0.15) is 12.8 Å². The minimum atomic E-state index is -0.978. The van der Waals surface area contributed by atoms with Crippen molar-refractivity contribution in [3.8, 4) is 11.5 Å². The Hall–Kier alpha value is -2.27. The number of carboxylic acid groups (broad SMARTS) is 1. The van der Waals surface area contributed by atoms with E-state index in [1.165, 1.54) is 0 Å². The number of hydrogen-bond acceptors (Lipinski definition) is 4. The zero-order chi connectivity index (χ0) is 14.5. The van der Waals surface area contributed by atoms with Crippen LogP contribution in [0.5, 0.6) is 11.5 Å². The van der Waals surface area contributed by atoms with Crippen LogP contribution in [-0.4, -0.2) is 22.2 Å². The molecular weight excluding hydrogens is 258 g/mol. The average molecular weight is 275 g/mol. The summed E-state index contributed by atoms with van der Waals surface area (Å²) in [4.78, 5) is 10.7. The van der Waals surface area contributed by atoms with Crippen molar-refractivity contribution in [1.82, 2.24) is 0 Å². The topological polar surface area (TPSA) is 92.8 Å². The number of benzene rings is 1. The van der Waals surface area contributed by atoms with Gasteiger partial charge in [0, 0.05) is 0 Å².